The number of carboxylic acid groups (broad SMARTS) is 1. The van der Waals surface area contributed by atoms with E-state index in [-0.39, 0.29) is 23.4 Å². The van der Waals surface area contributed by atoms with Crippen LogP contribution in [0, 0.1) is 0 Å². The molecule has 0 bridgehead atoms. The van der Waals surface area contributed by atoms with E-state index in [2.05, 4.69) is 5.32 Å². The number of hydrogen-bond acceptors (Lipinski definition) is 5. The maximum absolute atomic E-state index is 12.5. The van der Waals surface area contributed by atoms with E-state index in [1.54, 1.807) is 24.3 Å². The summed E-state index contributed by atoms with van der Waals surface area (Å²) in [6, 6.07) is 8.31. The summed E-state index contributed by atoms with van der Waals surface area (Å²) >= 11 is 1.35. The van der Waals surface area contributed by atoms with Crippen LogP contribution < -0.4 is 5.32 Å². The second-order valence-electron chi connectivity index (χ2n) is 6.27. The van der Waals surface area contributed by atoms with Crippen molar-refractivity contribution in [3.8, 4) is 0 Å². The molecule has 0 aliphatic heterocycles. The molecule has 6 nitrogen and oxygen atoms in total. The average molecular weight is 365 g/mol. The van der Waals surface area contributed by atoms with Crippen molar-refractivity contribution >= 4 is 29.4 Å². The number of carboxylic acids is 1. The lowest BCUT2D eigenvalue weighted by Gasteiger charge is -2.39. The maximum atomic E-state index is 12.5. The average Bonchev–Trinajstić information content (AvgIpc) is 2.55. The van der Waals surface area contributed by atoms with Gasteiger partial charge < -0.3 is 15.5 Å². The predicted octanol–water partition coefficient (Wildman–Crippen LogP) is 1.71. The molecular weight excluding hydrogens is 342 g/mol. The second kappa shape index (κ2) is 8.49. The van der Waals surface area contributed by atoms with Crippen LogP contribution in [-0.2, 0) is 20.0 Å². The van der Waals surface area contributed by atoms with E-state index in [1.165, 1.54) is 18.7 Å². The first-order valence-electron chi connectivity index (χ1n) is 8.25. The Kier molecular flexibility index (Phi) is 6.61. The molecule has 3 atom stereocenters. The summed E-state index contributed by atoms with van der Waals surface area (Å²) < 4.78 is 0. The number of carbonyl (C=O) groups excluding carboxylic acids is 2. The predicted molar refractivity (Wildman–Crippen MR) is 95.3 cm³/mol. The van der Waals surface area contributed by atoms with Crippen molar-refractivity contribution in [3.63, 3.8) is 0 Å². The third kappa shape index (κ3) is 4.83. The Bertz CT molecular complexity index is 620. The van der Waals surface area contributed by atoms with Crippen LogP contribution in [0.5, 0.6) is 0 Å². The zero-order valence-electron chi connectivity index (χ0n) is 14.1. The third-order valence-corrected chi connectivity index (χ3v) is 5.88. The molecule has 0 spiro atoms. The van der Waals surface area contributed by atoms with Gasteiger partial charge in [0, 0.05) is 30.4 Å². The second-order valence-corrected chi connectivity index (χ2v) is 7.50. The standard InChI is InChI=1S/C18H23NO5S/c1-12(20)19-14(10-17(22)23)11-25-16-9-5-8-15(21)18(16,24)13-6-3-2-4-7-13/h2-4,6-7,14,16,24H,5,8-11H2,1H3,(H,19,20)(H,22,23). The Hall–Kier alpha value is -1.86. The maximum Gasteiger partial charge on any atom is 0.305 e. The summed E-state index contributed by atoms with van der Waals surface area (Å²) in [6.07, 6.45) is 1.47. The molecule has 3 unspecified atom stereocenters. The Morgan fingerprint density at radius 3 is 2.64 bits per heavy atom. The fraction of sp³-hybridized carbons (Fsp3) is 0.500. The van der Waals surface area contributed by atoms with Crippen molar-refractivity contribution in [1.82, 2.24) is 5.32 Å². The number of amides is 1. The molecule has 1 fully saturated rings. The topological polar surface area (TPSA) is 104 Å². The van der Waals surface area contributed by atoms with Crippen LogP contribution in [0.15, 0.2) is 30.3 Å². The Morgan fingerprint density at radius 1 is 1.36 bits per heavy atom. The van der Waals surface area contributed by atoms with Gasteiger partial charge in [-0.2, -0.15) is 11.8 Å². The summed E-state index contributed by atoms with van der Waals surface area (Å²) in [7, 11) is 0. The number of hydrogen-bond donors (Lipinski definition) is 3. The molecule has 1 amide bonds. The van der Waals surface area contributed by atoms with E-state index < -0.39 is 17.6 Å². The zero-order chi connectivity index (χ0) is 18.4. The van der Waals surface area contributed by atoms with Gasteiger partial charge in [-0.25, -0.2) is 0 Å². The molecule has 1 aromatic carbocycles. The SMILES string of the molecule is CC(=O)NC(CSC1CCCC(=O)C1(O)c1ccccc1)CC(=O)O. The monoisotopic (exact) mass is 365 g/mol. The number of aliphatic carboxylic acids is 1. The molecular formula is C18H23NO5S. The van der Waals surface area contributed by atoms with E-state index in [4.69, 9.17) is 5.11 Å². The summed E-state index contributed by atoms with van der Waals surface area (Å²) in [5, 5.41) is 22.4. The highest BCUT2D eigenvalue weighted by Gasteiger charge is 2.47. The smallest absolute Gasteiger partial charge is 0.305 e. The van der Waals surface area contributed by atoms with Crippen LogP contribution in [0.25, 0.3) is 0 Å². The largest absolute Gasteiger partial charge is 0.481 e. The van der Waals surface area contributed by atoms with Crippen LogP contribution in [-0.4, -0.2) is 44.9 Å². The minimum Gasteiger partial charge on any atom is -0.481 e. The van der Waals surface area contributed by atoms with Gasteiger partial charge in [-0.3, -0.25) is 14.4 Å². The fourth-order valence-corrected chi connectivity index (χ4v) is 4.66. The van der Waals surface area contributed by atoms with E-state index in [0.717, 1.165) is 0 Å². The van der Waals surface area contributed by atoms with E-state index in [0.29, 0.717) is 30.6 Å². The number of ketones is 1. The van der Waals surface area contributed by atoms with Crippen LogP contribution in [0.3, 0.4) is 0 Å². The first-order valence-corrected chi connectivity index (χ1v) is 9.30. The van der Waals surface area contributed by atoms with E-state index in [9.17, 15) is 19.5 Å². The van der Waals surface area contributed by atoms with Crippen molar-refractivity contribution in [3.05, 3.63) is 35.9 Å². The molecule has 7 heteroatoms. The molecule has 0 aromatic heterocycles. The van der Waals surface area contributed by atoms with Crippen LogP contribution in [0.4, 0.5) is 0 Å². The quantitative estimate of drug-likeness (QED) is 0.680. The van der Waals surface area contributed by atoms with Crippen molar-refractivity contribution in [2.75, 3.05) is 5.75 Å². The van der Waals surface area contributed by atoms with Gasteiger partial charge in [0.2, 0.25) is 5.91 Å². The molecule has 2 rings (SSSR count). The van der Waals surface area contributed by atoms with Gasteiger partial charge in [0.15, 0.2) is 11.4 Å². The fourth-order valence-electron chi connectivity index (χ4n) is 3.15. The summed E-state index contributed by atoms with van der Waals surface area (Å²) in [5.41, 5.74) is -1.01. The van der Waals surface area contributed by atoms with Gasteiger partial charge in [-0.1, -0.05) is 30.3 Å². The minimum absolute atomic E-state index is 0.197. The van der Waals surface area contributed by atoms with Gasteiger partial charge in [-0.05, 0) is 18.4 Å². The molecule has 1 aliphatic carbocycles. The van der Waals surface area contributed by atoms with Crippen molar-refractivity contribution in [1.29, 1.82) is 0 Å². The highest BCUT2D eigenvalue weighted by Crippen LogP contribution is 2.41. The highest BCUT2D eigenvalue weighted by atomic mass is 32.2. The number of carbonyl (C=O) groups is 3. The van der Waals surface area contributed by atoms with Gasteiger partial charge >= 0.3 is 5.97 Å². The number of Topliss-reactive ketones (excluding diaryl/α,β-unsaturated/α-hetero) is 1. The molecule has 0 heterocycles. The number of nitrogens with one attached hydrogen (secondary N) is 1. The Labute approximate surface area is 151 Å². The van der Waals surface area contributed by atoms with Crippen LogP contribution in [0.1, 0.15) is 38.2 Å². The van der Waals surface area contributed by atoms with Crippen LogP contribution >= 0.6 is 11.8 Å². The molecule has 1 saturated carbocycles. The molecule has 1 aliphatic rings. The molecule has 1 aromatic rings. The van der Waals surface area contributed by atoms with Gasteiger partial charge in [0.1, 0.15) is 0 Å². The normalized spacial score (nSPS) is 24.6. The first kappa shape index (κ1) is 19.5. The molecule has 0 saturated heterocycles. The number of rotatable bonds is 7. The first-order chi connectivity index (χ1) is 11.8. The lowest BCUT2D eigenvalue weighted by molar-refractivity contribution is -0.141. The highest BCUT2D eigenvalue weighted by molar-refractivity contribution is 8.00. The van der Waals surface area contributed by atoms with Crippen LogP contribution in [0.2, 0.25) is 0 Å². The third-order valence-electron chi connectivity index (χ3n) is 4.30. The molecule has 136 valence electrons. The molecule has 3 N–H and O–H groups in total. The van der Waals surface area contributed by atoms with E-state index in [1.807, 2.05) is 6.07 Å². The molecule has 25 heavy (non-hydrogen) atoms. The van der Waals surface area contributed by atoms with Gasteiger partial charge in [-0.15, -0.1) is 0 Å². The van der Waals surface area contributed by atoms with Crippen molar-refractivity contribution < 1.29 is 24.6 Å². The van der Waals surface area contributed by atoms with Gasteiger partial charge in [0.05, 0.1) is 6.42 Å². The van der Waals surface area contributed by atoms with E-state index >= 15 is 0 Å². The summed E-state index contributed by atoms with van der Waals surface area (Å²) in [5.74, 6) is -1.20. The van der Waals surface area contributed by atoms with Crippen molar-refractivity contribution in [2.45, 2.75) is 49.5 Å². The van der Waals surface area contributed by atoms with Crippen molar-refractivity contribution in [2.24, 2.45) is 0 Å². The Morgan fingerprint density at radius 2 is 2.04 bits per heavy atom. The lowest BCUT2D eigenvalue weighted by Crippen LogP contribution is -2.49. The van der Waals surface area contributed by atoms with Gasteiger partial charge in [0.25, 0.3) is 0 Å². The lowest BCUT2D eigenvalue weighted by atomic mass is 9.78. The summed E-state index contributed by atoms with van der Waals surface area (Å²) in [6.45, 7) is 1.34. The number of aliphatic hydroxyl groups is 1. The minimum atomic E-state index is -1.58. The number of benzene rings is 1. The number of thioether (sulfide) groups is 1. The Balaban J connectivity index is 2.16. The molecule has 0 radical (unpaired) electrons. The zero-order valence-corrected chi connectivity index (χ0v) is 14.9. The summed E-state index contributed by atoms with van der Waals surface area (Å²) in [4.78, 5) is 34.7.